The Balaban J connectivity index is 1.83. The number of hydrogen-bond acceptors (Lipinski definition) is 3. The SMILES string of the molecule is CCNCc1cc(F)ccc1OCOCC1CC1. The van der Waals surface area contributed by atoms with Crippen molar-refractivity contribution >= 4 is 0 Å². The predicted molar refractivity (Wildman–Crippen MR) is 68.0 cm³/mol. The molecule has 0 amide bonds. The van der Waals surface area contributed by atoms with Gasteiger partial charge >= 0.3 is 0 Å². The maximum absolute atomic E-state index is 13.2. The highest BCUT2D eigenvalue weighted by atomic mass is 19.1. The fourth-order valence-corrected chi connectivity index (χ4v) is 1.69. The standard InChI is InChI=1S/C14H20FNO2/c1-2-16-8-12-7-13(15)5-6-14(12)18-10-17-9-11-3-4-11/h5-7,11,16H,2-4,8-10H2,1H3. The van der Waals surface area contributed by atoms with Crippen LogP contribution in [0.2, 0.25) is 0 Å². The van der Waals surface area contributed by atoms with Crippen molar-refractivity contribution in [2.75, 3.05) is 19.9 Å². The van der Waals surface area contributed by atoms with Crippen molar-refractivity contribution in [3.8, 4) is 5.75 Å². The molecule has 4 heteroatoms. The van der Waals surface area contributed by atoms with Crippen molar-refractivity contribution < 1.29 is 13.9 Å². The van der Waals surface area contributed by atoms with Crippen molar-refractivity contribution in [1.29, 1.82) is 0 Å². The highest BCUT2D eigenvalue weighted by Crippen LogP contribution is 2.28. The van der Waals surface area contributed by atoms with Crippen LogP contribution in [0.4, 0.5) is 4.39 Å². The van der Waals surface area contributed by atoms with Crippen LogP contribution in [0, 0.1) is 11.7 Å². The van der Waals surface area contributed by atoms with Crippen LogP contribution in [0.3, 0.4) is 0 Å². The summed E-state index contributed by atoms with van der Waals surface area (Å²) in [5.74, 6) is 1.17. The zero-order valence-electron chi connectivity index (χ0n) is 10.7. The minimum Gasteiger partial charge on any atom is -0.467 e. The van der Waals surface area contributed by atoms with Crippen molar-refractivity contribution in [3.05, 3.63) is 29.6 Å². The fraction of sp³-hybridized carbons (Fsp3) is 0.571. The third kappa shape index (κ3) is 4.27. The fourth-order valence-electron chi connectivity index (χ4n) is 1.69. The molecule has 0 heterocycles. The van der Waals surface area contributed by atoms with E-state index in [1.807, 2.05) is 6.92 Å². The van der Waals surface area contributed by atoms with Gasteiger partial charge in [-0.3, -0.25) is 0 Å². The number of ether oxygens (including phenoxy) is 2. The average molecular weight is 253 g/mol. The molecule has 2 rings (SSSR count). The van der Waals surface area contributed by atoms with Gasteiger partial charge in [0.15, 0.2) is 6.79 Å². The van der Waals surface area contributed by atoms with Gasteiger partial charge in [-0.2, -0.15) is 0 Å². The highest BCUT2D eigenvalue weighted by Gasteiger charge is 2.21. The number of halogens is 1. The summed E-state index contributed by atoms with van der Waals surface area (Å²) >= 11 is 0. The maximum atomic E-state index is 13.2. The van der Waals surface area contributed by atoms with Crippen molar-refractivity contribution in [1.82, 2.24) is 5.32 Å². The van der Waals surface area contributed by atoms with Crippen molar-refractivity contribution in [2.45, 2.75) is 26.3 Å². The average Bonchev–Trinajstić information content (AvgIpc) is 3.18. The van der Waals surface area contributed by atoms with E-state index < -0.39 is 0 Å². The van der Waals surface area contributed by atoms with E-state index in [2.05, 4.69) is 5.32 Å². The summed E-state index contributed by atoms with van der Waals surface area (Å²) in [7, 11) is 0. The summed E-state index contributed by atoms with van der Waals surface area (Å²) in [6, 6.07) is 4.56. The lowest BCUT2D eigenvalue weighted by Crippen LogP contribution is -2.14. The van der Waals surface area contributed by atoms with Crippen LogP contribution in [0.1, 0.15) is 25.3 Å². The molecule has 0 saturated heterocycles. The third-order valence-electron chi connectivity index (χ3n) is 2.94. The van der Waals surface area contributed by atoms with Crippen LogP contribution in [0.5, 0.6) is 5.75 Å². The topological polar surface area (TPSA) is 30.5 Å². The minimum atomic E-state index is -0.242. The quantitative estimate of drug-likeness (QED) is 0.571. The Hall–Kier alpha value is -1.13. The molecule has 18 heavy (non-hydrogen) atoms. The molecule has 1 aliphatic rings. The first-order valence-electron chi connectivity index (χ1n) is 6.49. The maximum Gasteiger partial charge on any atom is 0.189 e. The molecule has 0 atom stereocenters. The van der Waals surface area contributed by atoms with Gasteiger partial charge in [-0.1, -0.05) is 6.92 Å². The van der Waals surface area contributed by atoms with E-state index in [-0.39, 0.29) is 12.6 Å². The Kier molecular flexibility index (Phi) is 4.96. The largest absolute Gasteiger partial charge is 0.467 e. The van der Waals surface area contributed by atoms with Gasteiger partial charge in [0.1, 0.15) is 11.6 Å². The van der Waals surface area contributed by atoms with E-state index >= 15 is 0 Å². The summed E-state index contributed by atoms with van der Waals surface area (Å²) in [5, 5.41) is 3.16. The van der Waals surface area contributed by atoms with Gasteiger partial charge in [0.2, 0.25) is 0 Å². The van der Waals surface area contributed by atoms with Gasteiger partial charge in [-0.25, -0.2) is 4.39 Å². The van der Waals surface area contributed by atoms with Crippen LogP contribution < -0.4 is 10.1 Å². The first kappa shape index (κ1) is 13.3. The molecule has 0 radical (unpaired) electrons. The Labute approximate surface area is 107 Å². The molecule has 1 saturated carbocycles. The third-order valence-corrected chi connectivity index (χ3v) is 2.94. The van der Waals surface area contributed by atoms with Gasteiger partial charge in [0.05, 0.1) is 6.61 Å². The lowest BCUT2D eigenvalue weighted by molar-refractivity contribution is 0.00937. The number of hydrogen-bond donors (Lipinski definition) is 1. The second-order valence-electron chi connectivity index (χ2n) is 4.61. The van der Waals surface area contributed by atoms with Crippen LogP contribution in [-0.4, -0.2) is 19.9 Å². The van der Waals surface area contributed by atoms with Crippen molar-refractivity contribution in [3.63, 3.8) is 0 Å². The van der Waals surface area contributed by atoms with Gasteiger partial charge in [0.25, 0.3) is 0 Å². The zero-order chi connectivity index (χ0) is 12.8. The van der Waals surface area contributed by atoms with Gasteiger partial charge < -0.3 is 14.8 Å². The summed E-state index contributed by atoms with van der Waals surface area (Å²) in [5.41, 5.74) is 0.826. The second-order valence-corrected chi connectivity index (χ2v) is 4.61. The Morgan fingerprint density at radius 2 is 2.22 bits per heavy atom. The van der Waals surface area contributed by atoms with E-state index in [1.165, 1.54) is 25.0 Å². The molecule has 1 aliphatic carbocycles. The van der Waals surface area contributed by atoms with E-state index in [1.54, 1.807) is 6.07 Å². The normalized spacial score (nSPS) is 14.8. The molecule has 0 bridgehead atoms. The summed E-state index contributed by atoms with van der Waals surface area (Å²) in [6.45, 7) is 4.46. The molecule has 0 aliphatic heterocycles. The summed E-state index contributed by atoms with van der Waals surface area (Å²) < 4.78 is 24.1. The van der Waals surface area contributed by atoms with Crippen LogP contribution in [0.15, 0.2) is 18.2 Å². The minimum absolute atomic E-state index is 0.237. The molecule has 1 aromatic rings. The monoisotopic (exact) mass is 253 g/mol. The molecule has 1 aromatic carbocycles. The number of nitrogens with one attached hydrogen (secondary N) is 1. The molecular formula is C14H20FNO2. The van der Waals surface area contributed by atoms with E-state index in [4.69, 9.17) is 9.47 Å². The Bertz CT molecular complexity index is 380. The number of rotatable bonds is 8. The number of benzene rings is 1. The molecule has 1 N–H and O–H groups in total. The lowest BCUT2D eigenvalue weighted by atomic mass is 10.2. The second kappa shape index (κ2) is 6.71. The predicted octanol–water partition coefficient (Wildman–Crippen LogP) is 2.70. The van der Waals surface area contributed by atoms with E-state index in [0.717, 1.165) is 24.6 Å². The zero-order valence-corrected chi connectivity index (χ0v) is 10.7. The van der Waals surface area contributed by atoms with Crippen LogP contribution in [0.25, 0.3) is 0 Å². The smallest absolute Gasteiger partial charge is 0.189 e. The summed E-state index contributed by atoms with van der Waals surface area (Å²) in [4.78, 5) is 0. The van der Waals surface area contributed by atoms with E-state index in [0.29, 0.717) is 12.3 Å². The van der Waals surface area contributed by atoms with Crippen LogP contribution >= 0.6 is 0 Å². The van der Waals surface area contributed by atoms with E-state index in [9.17, 15) is 4.39 Å². The highest BCUT2D eigenvalue weighted by molar-refractivity contribution is 5.33. The summed E-state index contributed by atoms with van der Waals surface area (Å²) in [6.07, 6.45) is 2.53. The van der Waals surface area contributed by atoms with Gasteiger partial charge in [0, 0.05) is 12.1 Å². The first-order valence-corrected chi connectivity index (χ1v) is 6.49. The molecule has 100 valence electrons. The molecule has 1 fully saturated rings. The Morgan fingerprint density at radius 3 is 2.94 bits per heavy atom. The van der Waals surface area contributed by atoms with Gasteiger partial charge in [-0.15, -0.1) is 0 Å². The molecule has 0 unspecified atom stereocenters. The van der Waals surface area contributed by atoms with Crippen LogP contribution in [-0.2, 0) is 11.3 Å². The van der Waals surface area contributed by atoms with Crippen molar-refractivity contribution in [2.24, 2.45) is 5.92 Å². The molecule has 0 spiro atoms. The Morgan fingerprint density at radius 1 is 1.39 bits per heavy atom. The molecular weight excluding hydrogens is 233 g/mol. The van der Waals surface area contributed by atoms with Gasteiger partial charge in [-0.05, 0) is 43.5 Å². The first-order chi connectivity index (χ1) is 8.79. The lowest BCUT2D eigenvalue weighted by Gasteiger charge is -2.12. The molecule has 3 nitrogen and oxygen atoms in total. The molecule has 0 aromatic heterocycles.